The van der Waals surface area contributed by atoms with Gasteiger partial charge in [-0.25, -0.2) is 0 Å². The summed E-state index contributed by atoms with van der Waals surface area (Å²) in [6, 6.07) is 15.8. The first kappa shape index (κ1) is 19.8. The van der Waals surface area contributed by atoms with Gasteiger partial charge in [-0.2, -0.15) is 13.2 Å². The average Bonchev–Trinajstić information content (AvgIpc) is 2.63. The van der Waals surface area contributed by atoms with Crippen LogP contribution in [0.4, 0.5) is 13.2 Å². The molecule has 0 heterocycles. The molecule has 0 spiro atoms. The number of amides is 1. The Morgan fingerprint density at radius 3 is 2.50 bits per heavy atom. The van der Waals surface area contributed by atoms with Crippen molar-refractivity contribution in [2.45, 2.75) is 38.4 Å². The van der Waals surface area contributed by atoms with Gasteiger partial charge < -0.3 is 10.1 Å². The van der Waals surface area contributed by atoms with Crippen LogP contribution in [0.15, 0.2) is 54.6 Å². The minimum absolute atomic E-state index is 0.0975. The number of alkyl halides is 3. The highest BCUT2D eigenvalue weighted by atomic mass is 19.4. The van der Waals surface area contributed by atoms with Crippen LogP contribution in [0.3, 0.4) is 0 Å². The van der Waals surface area contributed by atoms with Crippen molar-refractivity contribution in [3.63, 3.8) is 0 Å². The van der Waals surface area contributed by atoms with Gasteiger partial charge in [-0.05, 0) is 29.7 Å². The molecule has 1 N–H and O–H groups in total. The van der Waals surface area contributed by atoms with Gasteiger partial charge in [-0.3, -0.25) is 4.79 Å². The summed E-state index contributed by atoms with van der Waals surface area (Å²) >= 11 is 0. The quantitative estimate of drug-likeness (QED) is 0.728. The molecule has 0 radical (unpaired) electrons. The number of nitrogens with one attached hydrogen (secondary N) is 1. The summed E-state index contributed by atoms with van der Waals surface area (Å²) < 4.78 is 41.4. The monoisotopic (exact) mass is 365 g/mol. The molecular formula is C20H22F3NO2. The zero-order chi connectivity index (χ0) is 19.0. The largest absolute Gasteiger partial charge is 0.484 e. The lowest BCUT2D eigenvalue weighted by atomic mass is 9.93. The van der Waals surface area contributed by atoms with Gasteiger partial charge >= 0.3 is 6.18 Å². The van der Waals surface area contributed by atoms with E-state index in [0.717, 1.165) is 18.4 Å². The Hall–Kier alpha value is -2.50. The van der Waals surface area contributed by atoms with Gasteiger partial charge in [-0.15, -0.1) is 0 Å². The molecule has 140 valence electrons. The van der Waals surface area contributed by atoms with Gasteiger partial charge in [0.15, 0.2) is 6.61 Å². The van der Waals surface area contributed by atoms with Crippen molar-refractivity contribution in [3.8, 4) is 5.75 Å². The first-order chi connectivity index (χ1) is 12.4. The molecule has 0 aliphatic carbocycles. The molecule has 2 aromatic rings. The Morgan fingerprint density at radius 2 is 1.85 bits per heavy atom. The van der Waals surface area contributed by atoms with Crippen LogP contribution in [0.1, 0.15) is 36.8 Å². The molecule has 0 saturated heterocycles. The molecule has 1 atom stereocenters. The Balaban J connectivity index is 1.97. The summed E-state index contributed by atoms with van der Waals surface area (Å²) in [5.41, 5.74) is 1.63. The summed E-state index contributed by atoms with van der Waals surface area (Å²) in [6.07, 6.45) is -2.79. The van der Waals surface area contributed by atoms with E-state index in [1.165, 1.54) is 12.1 Å². The molecule has 2 aromatic carbocycles. The maximum absolute atomic E-state index is 12.6. The Kier molecular flexibility index (Phi) is 7.06. The fourth-order valence-corrected chi connectivity index (χ4v) is 2.65. The molecule has 1 amide bonds. The van der Waals surface area contributed by atoms with Crippen molar-refractivity contribution in [3.05, 3.63) is 65.7 Å². The molecule has 0 fully saturated rings. The van der Waals surface area contributed by atoms with Gasteiger partial charge in [0, 0.05) is 6.54 Å². The van der Waals surface area contributed by atoms with Crippen LogP contribution >= 0.6 is 0 Å². The van der Waals surface area contributed by atoms with Crippen molar-refractivity contribution < 1.29 is 22.7 Å². The van der Waals surface area contributed by atoms with E-state index >= 15 is 0 Å². The molecule has 0 bridgehead atoms. The van der Waals surface area contributed by atoms with Crippen molar-refractivity contribution in [2.24, 2.45) is 0 Å². The van der Waals surface area contributed by atoms with Gasteiger partial charge in [-0.1, -0.05) is 55.8 Å². The minimum Gasteiger partial charge on any atom is -0.484 e. The number of halogens is 3. The van der Waals surface area contributed by atoms with Crippen molar-refractivity contribution >= 4 is 5.91 Å². The second kappa shape index (κ2) is 9.27. The van der Waals surface area contributed by atoms with E-state index < -0.39 is 12.8 Å². The number of benzene rings is 2. The number of hydrogen-bond donors (Lipinski definition) is 1. The van der Waals surface area contributed by atoms with Crippen LogP contribution in [-0.2, 0) is 11.3 Å². The molecule has 0 saturated carbocycles. The second-order valence-corrected chi connectivity index (χ2v) is 6.02. The first-order valence-electron chi connectivity index (χ1n) is 8.50. The van der Waals surface area contributed by atoms with Crippen molar-refractivity contribution in [2.75, 3.05) is 6.61 Å². The normalized spacial score (nSPS) is 12.5. The number of carbonyl (C=O) groups excluding carboxylic acids is 1. The maximum Gasteiger partial charge on any atom is 0.422 e. The summed E-state index contributed by atoms with van der Waals surface area (Å²) in [5.74, 6) is -0.215. The van der Waals surface area contributed by atoms with Crippen LogP contribution in [0.5, 0.6) is 5.75 Å². The first-order valence-corrected chi connectivity index (χ1v) is 8.50. The zero-order valence-corrected chi connectivity index (χ0v) is 14.6. The minimum atomic E-state index is -4.38. The third-order valence-electron chi connectivity index (χ3n) is 3.86. The lowest BCUT2D eigenvalue weighted by Crippen LogP contribution is -2.29. The summed E-state index contributed by atoms with van der Waals surface area (Å²) in [5, 5.41) is 2.87. The fourth-order valence-electron chi connectivity index (χ4n) is 2.65. The lowest BCUT2D eigenvalue weighted by Gasteiger charge is -2.17. The van der Waals surface area contributed by atoms with E-state index in [2.05, 4.69) is 5.32 Å². The van der Waals surface area contributed by atoms with E-state index in [-0.39, 0.29) is 24.1 Å². The molecule has 6 heteroatoms. The average molecular weight is 365 g/mol. The highest BCUT2D eigenvalue weighted by Gasteiger charge is 2.28. The number of carbonyl (C=O) groups is 1. The van der Waals surface area contributed by atoms with E-state index in [9.17, 15) is 18.0 Å². The summed E-state index contributed by atoms with van der Waals surface area (Å²) in [7, 11) is 0. The third-order valence-corrected chi connectivity index (χ3v) is 3.86. The van der Waals surface area contributed by atoms with Crippen LogP contribution in [0.2, 0.25) is 0 Å². The van der Waals surface area contributed by atoms with Crippen molar-refractivity contribution in [1.29, 1.82) is 0 Å². The zero-order valence-electron chi connectivity index (χ0n) is 14.6. The SMILES string of the molecule is CCCC(C(=O)NCc1cccc(OCC(F)(F)F)c1)c1ccccc1. The molecule has 0 aromatic heterocycles. The van der Waals surface area contributed by atoms with E-state index in [0.29, 0.717) is 5.56 Å². The highest BCUT2D eigenvalue weighted by Crippen LogP contribution is 2.22. The predicted octanol–water partition coefficient (Wildman–Crippen LogP) is 4.83. The van der Waals surface area contributed by atoms with Crippen LogP contribution in [0.25, 0.3) is 0 Å². The van der Waals surface area contributed by atoms with Crippen LogP contribution in [-0.4, -0.2) is 18.7 Å². The molecule has 3 nitrogen and oxygen atoms in total. The fraction of sp³-hybridized carbons (Fsp3) is 0.350. The standard InChI is InChI=1S/C20H22F3NO2/c1-2-7-18(16-9-4-3-5-10-16)19(25)24-13-15-8-6-11-17(12-15)26-14-20(21,22)23/h3-6,8-12,18H,2,7,13-14H2,1H3,(H,24,25). The van der Waals surface area contributed by atoms with Crippen LogP contribution < -0.4 is 10.1 Å². The third kappa shape index (κ3) is 6.43. The van der Waals surface area contributed by atoms with E-state index in [4.69, 9.17) is 4.74 Å². The van der Waals surface area contributed by atoms with Crippen LogP contribution in [0, 0.1) is 0 Å². The summed E-state index contributed by atoms with van der Waals surface area (Å²) in [6.45, 7) is 0.912. The molecule has 2 rings (SSSR count). The Labute approximate surface area is 151 Å². The Bertz CT molecular complexity index is 702. The Morgan fingerprint density at radius 1 is 1.12 bits per heavy atom. The molecule has 0 aliphatic heterocycles. The molecule has 1 unspecified atom stereocenters. The van der Waals surface area contributed by atoms with E-state index in [1.54, 1.807) is 12.1 Å². The molecule has 0 aliphatic rings. The number of hydrogen-bond acceptors (Lipinski definition) is 2. The lowest BCUT2D eigenvalue weighted by molar-refractivity contribution is -0.153. The predicted molar refractivity (Wildman–Crippen MR) is 93.9 cm³/mol. The number of rotatable bonds is 8. The van der Waals surface area contributed by atoms with Gasteiger partial charge in [0.2, 0.25) is 5.91 Å². The maximum atomic E-state index is 12.6. The molecular weight excluding hydrogens is 343 g/mol. The van der Waals surface area contributed by atoms with Crippen molar-refractivity contribution in [1.82, 2.24) is 5.32 Å². The number of ether oxygens (including phenoxy) is 1. The van der Waals surface area contributed by atoms with E-state index in [1.807, 2.05) is 37.3 Å². The topological polar surface area (TPSA) is 38.3 Å². The van der Waals surface area contributed by atoms with Gasteiger partial charge in [0.25, 0.3) is 0 Å². The highest BCUT2D eigenvalue weighted by molar-refractivity contribution is 5.83. The summed E-state index contributed by atoms with van der Waals surface area (Å²) in [4.78, 5) is 12.6. The van der Waals surface area contributed by atoms with Gasteiger partial charge in [0.05, 0.1) is 5.92 Å². The second-order valence-electron chi connectivity index (χ2n) is 6.02. The smallest absolute Gasteiger partial charge is 0.422 e. The molecule has 26 heavy (non-hydrogen) atoms. The van der Waals surface area contributed by atoms with Gasteiger partial charge in [0.1, 0.15) is 5.75 Å².